The Morgan fingerprint density at radius 3 is 2.31 bits per heavy atom. The molecule has 6 rings (SSSR count). The summed E-state index contributed by atoms with van der Waals surface area (Å²) in [6.07, 6.45) is -2.35. The summed E-state index contributed by atoms with van der Waals surface area (Å²) >= 11 is 0. The van der Waals surface area contributed by atoms with Gasteiger partial charge >= 0.3 is 11.9 Å². The first kappa shape index (κ1) is 32.4. The van der Waals surface area contributed by atoms with Crippen molar-refractivity contribution in [2.24, 2.45) is 28.1 Å². The molecule has 12 atom stereocenters. The third kappa shape index (κ3) is 3.36. The van der Waals surface area contributed by atoms with Gasteiger partial charge in [-0.25, -0.2) is 14.8 Å². The number of methoxy groups -OCH3 is 1. The molecule has 4 saturated carbocycles. The number of furan rings is 1. The van der Waals surface area contributed by atoms with E-state index in [9.17, 15) is 34.8 Å². The molecular formula is C31H43NO13. The fraction of sp³-hybridized carbons (Fsp3) is 0.774. The lowest BCUT2D eigenvalue weighted by Crippen LogP contribution is -2.97. The fourth-order valence-corrected chi connectivity index (χ4v) is 10.8. The molecule has 0 aromatic carbocycles. The van der Waals surface area contributed by atoms with Crippen LogP contribution in [0.1, 0.15) is 71.5 Å². The largest absolute Gasteiger partial charge is 0.472 e. The lowest BCUT2D eigenvalue weighted by atomic mass is 9.33. The number of hydrogen-bond acceptors (Lipinski definition) is 13. The maximum absolute atomic E-state index is 13.6. The molecule has 14 nitrogen and oxygen atoms in total. The zero-order valence-electron chi connectivity index (χ0n) is 26.6. The predicted octanol–water partition coefficient (Wildman–Crippen LogP) is 0.956. The molecule has 0 radical (unpaired) electrons. The second kappa shape index (κ2) is 9.72. The lowest BCUT2D eigenvalue weighted by Gasteiger charge is -2.80. The van der Waals surface area contributed by atoms with Gasteiger partial charge < -0.3 is 34.3 Å². The summed E-state index contributed by atoms with van der Waals surface area (Å²) in [6.45, 7) is 6.31. The Hall–Kier alpha value is -2.59. The number of nitrogens with zero attached hydrogens (tertiary/aromatic N) is 1. The molecule has 1 aromatic rings. The molecule has 12 unspecified atom stereocenters. The number of aliphatic hydroxyl groups is 4. The molecule has 0 spiro atoms. The highest BCUT2D eigenvalue weighted by Crippen LogP contribution is 2.86. The van der Waals surface area contributed by atoms with E-state index in [1.807, 2.05) is 0 Å². The monoisotopic (exact) mass is 637 g/mol. The molecule has 1 aromatic heterocycles. The topological polar surface area (TPSA) is 195 Å². The molecule has 4 N–H and O–H groups in total. The molecule has 2 bridgehead atoms. The van der Waals surface area contributed by atoms with Gasteiger partial charge in [-0.2, -0.15) is 0 Å². The summed E-state index contributed by atoms with van der Waals surface area (Å²) in [7, 11) is 3.97. The maximum atomic E-state index is 13.6. The summed E-state index contributed by atoms with van der Waals surface area (Å²) in [5.74, 6) is -3.79. The molecule has 1 saturated heterocycles. The molecule has 1 amide bonds. The Morgan fingerprint density at radius 2 is 1.78 bits per heavy atom. The second-order valence-corrected chi connectivity index (χ2v) is 14.4. The predicted molar refractivity (Wildman–Crippen MR) is 149 cm³/mol. The number of esters is 2. The molecule has 250 valence electrons. The van der Waals surface area contributed by atoms with Crippen LogP contribution in [-0.2, 0) is 38.5 Å². The van der Waals surface area contributed by atoms with Crippen LogP contribution in [0.25, 0.3) is 0 Å². The van der Waals surface area contributed by atoms with E-state index >= 15 is 0 Å². The number of aliphatic hydroxyl groups excluding tert-OH is 2. The number of carbonyl (C=O) groups excluding carboxylic acids is 3. The van der Waals surface area contributed by atoms with Crippen molar-refractivity contribution in [1.82, 2.24) is 5.06 Å². The van der Waals surface area contributed by atoms with Gasteiger partial charge in [0.25, 0.3) is 0 Å². The summed E-state index contributed by atoms with van der Waals surface area (Å²) in [5.41, 5.74) is -11.8. The number of fused-ring (bicyclic) bond motifs is 1. The van der Waals surface area contributed by atoms with Crippen molar-refractivity contribution in [3.05, 3.63) is 24.2 Å². The van der Waals surface area contributed by atoms with Crippen LogP contribution in [0.3, 0.4) is 0 Å². The minimum atomic E-state index is -2.55. The Kier molecular flexibility index (Phi) is 6.99. The van der Waals surface area contributed by atoms with E-state index in [4.69, 9.17) is 28.5 Å². The zero-order chi connectivity index (χ0) is 33.2. The van der Waals surface area contributed by atoms with Gasteiger partial charge in [-0.3, -0.25) is 19.2 Å². The van der Waals surface area contributed by atoms with E-state index in [0.717, 1.165) is 12.0 Å². The quantitative estimate of drug-likeness (QED) is 0.179. The van der Waals surface area contributed by atoms with E-state index in [0.29, 0.717) is 5.56 Å². The molecule has 5 fully saturated rings. The van der Waals surface area contributed by atoms with E-state index in [1.165, 1.54) is 33.8 Å². The number of hydrogen-bond donors (Lipinski definition) is 4. The van der Waals surface area contributed by atoms with Crippen LogP contribution in [0.5, 0.6) is 0 Å². The summed E-state index contributed by atoms with van der Waals surface area (Å²) in [5, 5.41) is 51.1. The van der Waals surface area contributed by atoms with Crippen LogP contribution in [0.2, 0.25) is 0 Å². The van der Waals surface area contributed by atoms with Crippen LogP contribution >= 0.6 is 0 Å². The van der Waals surface area contributed by atoms with Gasteiger partial charge in [0, 0.05) is 54.5 Å². The number of amides is 1. The SMILES string of the molecule is COC(=O)CC1C2(C)CC3(O)C(O)(C2OC(C)=O)C(O)C24OOC2(CCC(C)(C(O)c2ccoc2)C4CC(=O)N(C)OC)C13C. The Morgan fingerprint density at radius 1 is 1.09 bits per heavy atom. The standard InChI is InChI=1S/C31H43NO13/c1-16(33)43-24-26(3)15-28(38)27(4,18(26)13-21(35)40-6)29-10-9-25(2,22(36)17-8-11-42-14-17)19(12-20(34)32(5)41-7)31(29,45-44-29)23(37)30(24,28)39/h8,11,14,18-19,22-24,36-39H,9-10,12-13,15H2,1-7H3. The normalized spacial score (nSPS) is 48.1. The van der Waals surface area contributed by atoms with E-state index in [2.05, 4.69) is 0 Å². The molecule has 5 aliphatic rings. The summed E-state index contributed by atoms with van der Waals surface area (Å²) in [6, 6.07) is 1.59. The van der Waals surface area contributed by atoms with Gasteiger partial charge in [-0.1, -0.05) is 20.8 Å². The second-order valence-electron chi connectivity index (χ2n) is 14.4. The van der Waals surface area contributed by atoms with Crippen LogP contribution in [0, 0.1) is 28.1 Å². The Labute approximate surface area is 260 Å². The summed E-state index contributed by atoms with van der Waals surface area (Å²) in [4.78, 5) is 56.4. The highest BCUT2D eigenvalue weighted by Gasteiger charge is 3.00. The van der Waals surface area contributed by atoms with E-state index in [-0.39, 0.29) is 32.1 Å². The molecule has 2 heterocycles. The van der Waals surface area contributed by atoms with Gasteiger partial charge in [-0.15, -0.1) is 0 Å². The molecular weight excluding hydrogens is 594 g/mol. The number of carbonyl (C=O) groups is 3. The molecule has 14 heteroatoms. The highest BCUT2D eigenvalue weighted by atomic mass is 17.3. The van der Waals surface area contributed by atoms with Crippen molar-refractivity contribution in [3.8, 4) is 0 Å². The highest BCUT2D eigenvalue weighted by molar-refractivity contribution is 5.76. The first-order valence-electron chi connectivity index (χ1n) is 15.2. The van der Waals surface area contributed by atoms with E-state index in [1.54, 1.807) is 26.8 Å². The third-order valence-corrected chi connectivity index (χ3v) is 13.0. The van der Waals surface area contributed by atoms with Crippen LogP contribution in [0.15, 0.2) is 23.0 Å². The van der Waals surface area contributed by atoms with Crippen LogP contribution in [0.4, 0.5) is 0 Å². The van der Waals surface area contributed by atoms with Crippen molar-refractivity contribution in [3.63, 3.8) is 0 Å². The van der Waals surface area contributed by atoms with Gasteiger partial charge in [0.1, 0.15) is 23.4 Å². The van der Waals surface area contributed by atoms with Crippen molar-refractivity contribution < 1.29 is 63.3 Å². The maximum Gasteiger partial charge on any atom is 0.305 e. The van der Waals surface area contributed by atoms with Gasteiger partial charge in [-0.05, 0) is 31.2 Å². The molecule has 45 heavy (non-hydrogen) atoms. The van der Waals surface area contributed by atoms with Gasteiger partial charge in [0.05, 0.1) is 32.8 Å². The first-order chi connectivity index (χ1) is 20.9. The minimum absolute atomic E-state index is 0.0984. The zero-order valence-corrected chi connectivity index (χ0v) is 26.6. The fourth-order valence-electron chi connectivity index (χ4n) is 10.8. The lowest BCUT2D eigenvalue weighted by molar-refractivity contribution is -0.643. The average molecular weight is 638 g/mol. The van der Waals surface area contributed by atoms with E-state index < -0.39 is 86.6 Å². The smallest absolute Gasteiger partial charge is 0.305 e. The van der Waals surface area contributed by atoms with Crippen molar-refractivity contribution in [2.75, 3.05) is 21.3 Å². The van der Waals surface area contributed by atoms with Crippen molar-refractivity contribution >= 4 is 17.8 Å². The first-order valence-corrected chi connectivity index (χ1v) is 15.2. The van der Waals surface area contributed by atoms with Gasteiger partial charge in [0.15, 0.2) is 11.2 Å². The minimum Gasteiger partial charge on any atom is -0.472 e. The number of rotatable bonds is 8. The van der Waals surface area contributed by atoms with Crippen molar-refractivity contribution in [1.29, 1.82) is 0 Å². The third-order valence-electron chi connectivity index (χ3n) is 13.0. The number of ether oxygens (including phenoxy) is 2. The molecule has 1 aliphatic heterocycles. The van der Waals surface area contributed by atoms with Crippen molar-refractivity contribution in [2.45, 2.75) is 101 Å². The molecule has 4 aliphatic carbocycles. The Bertz CT molecular complexity index is 1400. The average Bonchev–Trinajstić information content (AvgIpc) is 3.63. The number of hydroxylamine groups is 2. The van der Waals surface area contributed by atoms with Gasteiger partial charge in [0.2, 0.25) is 5.91 Å². The Balaban J connectivity index is 1.62. The van der Waals surface area contributed by atoms with Crippen LogP contribution in [-0.4, -0.2) is 99.2 Å². The van der Waals surface area contributed by atoms with Crippen LogP contribution < -0.4 is 0 Å². The summed E-state index contributed by atoms with van der Waals surface area (Å²) < 4.78 is 16.1.